The molecule has 7 heteroatoms. The molecule has 0 amide bonds. The van der Waals surface area contributed by atoms with Crippen LogP contribution in [0.2, 0.25) is 0 Å². The monoisotopic (exact) mass is 309 g/mol. The average molecular weight is 309 g/mol. The number of benzene rings is 1. The topological polar surface area (TPSA) is 109 Å². The molecule has 3 aromatic rings. The minimum atomic E-state index is 0.286. The SMILES string of the molecule is COc1cncc(-c2c(N)ncnc2Oc2cccc(N)c2)c1. The van der Waals surface area contributed by atoms with Crippen molar-refractivity contribution in [3.63, 3.8) is 0 Å². The molecule has 0 aliphatic heterocycles. The molecule has 2 aromatic heterocycles. The van der Waals surface area contributed by atoms with Gasteiger partial charge in [-0.15, -0.1) is 0 Å². The predicted octanol–water partition coefficient (Wildman–Crippen LogP) is 2.50. The van der Waals surface area contributed by atoms with E-state index in [4.69, 9.17) is 20.9 Å². The first-order valence-corrected chi connectivity index (χ1v) is 6.80. The molecule has 0 fully saturated rings. The Kier molecular flexibility index (Phi) is 3.92. The lowest BCUT2D eigenvalue weighted by molar-refractivity contribution is 0.413. The number of hydrogen-bond donors (Lipinski definition) is 2. The summed E-state index contributed by atoms with van der Waals surface area (Å²) >= 11 is 0. The second-order valence-electron chi connectivity index (χ2n) is 4.73. The van der Waals surface area contributed by atoms with Gasteiger partial charge in [0.05, 0.1) is 18.9 Å². The first-order valence-electron chi connectivity index (χ1n) is 6.80. The number of nitrogens with zero attached hydrogens (tertiary/aromatic N) is 3. The minimum Gasteiger partial charge on any atom is -0.495 e. The summed E-state index contributed by atoms with van der Waals surface area (Å²) in [4.78, 5) is 12.3. The number of pyridine rings is 1. The quantitative estimate of drug-likeness (QED) is 0.712. The van der Waals surface area contributed by atoms with Crippen LogP contribution in [0.3, 0.4) is 0 Å². The van der Waals surface area contributed by atoms with Crippen molar-refractivity contribution in [2.75, 3.05) is 18.6 Å². The van der Waals surface area contributed by atoms with Gasteiger partial charge in [-0.2, -0.15) is 0 Å². The van der Waals surface area contributed by atoms with Crippen LogP contribution in [0.4, 0.5) is 11.5 Å². The van der Waals surface area contributed by atoms with Crippen LogP contribution in [0.25, 0.3) is 11.1 Å². The van der Waals surface area contributed by atoms with Crippen molar-refractivity contribution in [3.8, 4) is 28.5 Å². The molecule has 0 radical (unpaired) electrons. The molecule has 0 saturated carbocycles. The standard InChI is InChI=1S/C16H15N5O2/c1-22-13-5-10(7-19-8-13)14-15(18)20-9-21-16(14)23-12-4-2-3-11(17)6-12/h2-9H,17H2,1H3,(H2,18,20,21). The maximum Gasteiger partial charge on any atom is 0.232 e. The molecule has 0 aliphatic rings. The van der Waals surface area contributed by atoms with Gasteiger partial charge in [0.25, 0.3) is 0 Å². The highest BCUT2D eigenvalue weighted by atomic mass is 16.5. The Morgan fingerprint density at radius 1 is 1.00 bits per heavy atom. The van der Waals surface area contributed by atoms with E-state index in [0.29, 0.717) is 34.2 Å². The van der Waals surface area contributed by atoms with E-state index in [1.54, 1.807) is 49.8 Å². The van der Waals surface area contributed by atoms with Crippen molar-refractivity contribution >= 4 is 11.5 Å². The minimum absolute atomic E-state index is 0.286. The highest BCUT2D eigenvalue weighted by molar-refractivity contribution is 5.78. The molecule has 0 bridgehead atoms. The fourth-order valence-corrected chi connectivity index (χ4v) is 2.09. The fourth-order valence-electron chi connectivity index (χ4n) is 2.09. The lowest BCUT2D eigenvalue weighted by Crippen LogP contribution is -2.00. The molecular formula is C16H15N5O2. The number of nitrogen functional groups attached to an aromatic ring is 2. The second-order valence-corrected chi connectivity index (χ2v) is 4.73. The second kappa shape index (κ2) is 6.18. The Morgan fingerprint density at radius 3 is 2.65 bits per heavy atom. The number of aromatic nitrogens is 3. The molecule has 3 rings (SSSR count). The molecule has 0 saturated heterocycles. The van der Waals surface area contributed by atoms with Crippen LogP contribution < -0.4 is 20.9 Å². The van der Waals surface area contributed by atoms with Crippen molar-refractivity contribution in [3.05, 3.63) is 49.1 Å². The van der Waals surface area contributed by atoms with Gasteiger partial charge in [0.2, 0.25) is 5.88 Å². The van der Waals surface area contributed by atoms with Crippen LogP contribution in [0.15, 0.2) is 49.1 Å². The van der Waals surface area contributed by atoms with Crippen LogP contribution in [-0.2, 0) is 0 Å². The number of anilines is 2. The molecule has 7 nitrogen and oxygen atoms in total. The Hall–Kier alpha value is -3.35. The van der Waals surface area contributed by atoms with Gasteiger partial charge < -0.3 is 20.9 Å². The molecule has 0 unspecified atom stereocenters. The lowest BCUT2D eigenvalue weighted by Gasteiger charge is -2.12. The Morgan fingerprint density at radius 2 is 1.87 bits per heavy atom. The first kappa shape index (κ1) is 14.6. The molecule has 23 heavy (non-hydrogen) atoms. The Bertz CT molecular complexity index is 838. The zero-order chi connectivity index (χ0) is 16.2. The van der Waals surface area contributed by atoms with Gasteiger partial charge in [-0.1, -0.05) is 6.07 Å². The molecular weight excluding hydrogens is 294 g/mol. The average Bonchev–Trinajstić information content (AvgIpc) is 2.55. The van der Waals surface area contributed by atoms with E-state index >= 15 is 0 Å². The van der Waals surface area contributed by atoms with Crippen molar-refractivity contribution < 1.29 is 9.47 Å². The maximum atomic E-state index is 6.00. The van der Waals surface area contributed by atoms with E-state index < -0.39 is 0 Å². The Balaban J connectivity index is 2.06. The van der Waals surface area contributed by atoms with Crippen molar-refractivity contribution in [2.45, 2.75) is 0 Å². The third-order valence-electron chi connectivity index (χ3n) is 3.15. The maximum absolute atomic E-state index is 6.00. The highest BCUT2D eigenvalue weighted by Gasteiger charge is 2.15. The fraction of sp³-hybridized carbons (Fsp3) is 0.0625. The van der Waals surface area contributed by atoms with Crippen molar-refractivity contribution in [1.29, 1.82) is 0 Å². The highest BCUT2D eigenvalue weighted by Crippen LogP contribution is 2.35. The Labute approximate surface area is 132 Å². The third kappa shape index (κ3) is 3.13. The van der Waals surface area contributed by atoms with Gasteiger partial charge >= 0.3 is 0 Å². The zero-order valence-corrected chi connectivity index (χ0v) is 12.4. The number of nitrogens with two attached hydrogens (primary N) is 2. The summed E-state index contributed by atoms with van der Waals surface area (Å²) in [6.07, 6.45) is 4.58. The molecule has 2 heterocycles. The van der Waals surface area contributed by atoms with Gasteiger partial charge in [0.1, 0.15) is 23.6 Å². The third-order valence-corrected chi connectivity index (χ3v) is 3.15. The number of ether oxygens (including phenoxy) is 2. The van der Waals surface area contributed by atoms with E-state index in [1.165, 1.54) is 6.33 Å². The number of hydrogen-bond acceptors (Lipinski definition) is 7. The summed E-state index contributed by atoms with van der Waals surface area (Å²) in [6, 6.07) is 8.83. The lowest BCUT2D eigenvalue weighted by atomic mass is 10.1. The summed E-state index contributed by atoms with van der Waals surface area (Å²) in [5.41, 5.74) is 13.6. The van der Waals surface area contributed by atoms with Gasteiger partial charge in [0, 0.05) is 23.5 Å². The summed E-state index contributed by atoms with van der Waals surface area (Å²) in [6.45, 7) is 0. The van der Waals surface area contributed by atoms with Crippen molar-refractivity contribution in [1.82, 2.24) is 15.0 Å². The molecule has 1 aromatic carbocycles. The summed E-state index contributed by atoms with van der Waals surface area (Å²) < 4.78 is 11.0. The first-order chi connectivity index (χ1) is 11.2. The molecule has 4 N–H and O–H groups in total. The largest absolute Gasteiger partial charge is 0.495 e. The van der Waals surface area contributed by atoms with Crippen LogP contribution >= 0.6 is 0 Å². The summed E-state index contributed by atoms with van der Waals surface area (Å²) in [5, 5.41) is 0. The van der Waals surface area contributed by atoms with E-state index in [9.17, 15) is 0 Å². The molecule has 0 atom stereocenters. The van der Waals surface area contributed by atoms with Crippen LogP contribution in [0.5, 0.6) is 17.4 Å². The molecule has 116 valence electrons. The number of rotatable bonds is 4. The van der Waals surface area contributed by atoms with Gasteiger partial charge in [-0.3, -0.25) is 4.98 Å². The summed E-state index contributed by atoms with van der Waals surface area (Å²) in [5.74, 6) is 1.76. The zero-order valence-electron chi connectivity index (χ0n) is 12.4. The van der Waals surface area contributed by atoms with Gasteiger partial charge in [0.15, 0.2) is 0 Å². The van der Waals surface area contributed by atoms with E-state index in [0.717, 1.165) is 0 Å². The normalized spacial score (nSPS) is 10.3. The summed E-state index contributed by atoms with van der Waals surface area (Å²) in [7, 11) is 1.57. The van der Waals surface area contributed by atoms with Crippen LogP contribution in [0.1, 0.15) is 0 Å². The van der Waals surface area contributed by atoms with Gasteiger partial charge in [-0.05, 0) is 18.2 Å². The molecule has 0 spiro atoms. The number of methoxy groups -OCH3 is 1. The smallest absolute Gasteiger partial charge is 0.232 e. The van der Waals surface area contributed by atoms with Gasteiger partial charge in [-0.25, -0.2) is 9.97 Å². The van der Waals surface area contributed by atoms with E-state index in [2.05, 4.69) is 15.0 Å². The van der Waals surface area contributed by atoms with Crippen LogP contribution in [0, 0.1) is 0 Å². The predicted molar refractivity (Wildman–Crippen MR) is 87.2 cm³/mol. The van der Waals surface area contributed by atoms with Crippen molar-refractivity contribution in [2.24, 2.45) is 0 Å². The van der Waals surface area contributed by atoms with Crippen LogP contribution in [-0.4, -0.2) is 22.1 Å². The molecule has 0 aliphatic carbocycles. The van der Waals surface area contributed by atoms with E-state index in [1.807, 2.05) is 0 Å². The van der Waals surface area contributed by atoms with E-state index in [-0.39, 0.29) is 5.82 Å².